The molecular formula is C20H18F2N4O3. The third-order valence-corrected chi connectivity index (χ3v) is 4.01. The predicted molar refractivity (Wildman–Crippen MR) is 103 cm³/mol. The third kappa shape index (κ3) is 4.95. The molecule has 7 nitrogen and oxygen atoms in total. The first-order valence-corrected chi connectivity index (χ1v) is 8.56. The van der Waals surface area contributed by atoms with Crippen molar-refractivity contribution in [1.29, 1.82) is 0 Å². The molecule has 0 aliphatic carbocycles. The van der Waals surface area contributed by atoms with Crippen molar-refractivity contribution in [2.24, 2.45) is 5.10 Å². The van der Waals surface area contributed by atoms with Crippen molar-refractivity contribution >= 4 is 11.6 Å². The summed E-state index contributed by atoms with van der Waals surface area (Å²) in [6, 6.07) is 15.4. The molecule has 1 aromatic heterocycles. The van der Waals surface area contributed by atoms with Crippen molar-refractivity contribution in [3.05, 3.63) is 65.9 Å². The molecule has 1 amide bonds. The number of carbonyl (C=O) groups excluding carboxylic acids is 1. The van der Waals surface area contributed by atoms with Crippen molar-refractivity contribution in [2.45, 2.75) is 13.5 Å². The van der Waals surface area contributed by atoms with Crippen LogP contribution in [0.1, 0.15) is 23.0 Å². The molecule has 0 bridgehead atoms. The van der Waals surface area contributed by atoms with Crippen LogP contribution in [0.5, 0.6) is 11.5 Å². The van der Waals surface area contributed by atoms with Gasteiger partial charge in [0.15, 0.2) is 11.5 Å². The van der Waals surface area contributed by atoms with Gasteiger partial charge in [-0.3, -0.25) is 9.89 Å². The Kier molecular flexibility index (Phi) is 6.18. The van der Waals surface area contributed by atoms with Crippen LogP contribution in [-0.4, -0.2) is 35.5 Å². The van der Waals surface area contributed by atoms with E-state index in [4.69, 9.17) is 4.74 Å². The number of carbonyl (C=O) groups is 1. The van der Waals surface area contributed by atoms with Gasteiger partial charge in [0.25, 0.3) is 5.91 Å². The molecule has 150 valence electrons. The van der Waals surface area contributed by atoms with Crippen LogP contribution in [0.15, 0.2) is 59.7 Å². The SMILES string of the molecule is COc1cc(/C(C)=N\NC(=O)c2cc(-c3ccccc3)n[nH]2)ccc1OC(F)F. The lowest BCUT2D eigenvalue weighted by molar-refractivity contribution is -0.0512. The quantitative estimate of drug-likeness (QED) is 0.466. The zero-order valence-corrected chi connectivity index (χ0v) is 15.6. The van der Waals surface area contributed by atoms with Gasteiger partial charge >= 0.3 is 6.61 Å². The van der Waals surface area contributed by atoms with E-state index < -0.39 is 12.5 Å². The average Bonchev–Trinajstić information content (AvgIpc) is 3.22. The van der Waals surface area contributed by atoms with Gasteiger partial charge in [-0.25, -0.2) is 5.43 Å². The first-order valence-electron chi connectivity index (χ1n) is 8.56. The van der Waals surface area contributed by atoms with E-state index in [0.29, 0.717) is 17.0 Å². The zero-order chi connectivity index (χ0) is 20.8. The maximum absolute atomic E-state index is 12.4. The lowest BCUT2D eigenvalue weighted by Crippen LogP contribution is -2.19. The van der Waals surface area contributed by atoms with Gasteiger partial charge in [0.2, 0.25) is 0 Å². The Bertz CT molecular complexity index is 1020. The maximum Gasteiger partial charge on any atom is 0.387 e. The Morgan fingerprint density at radius 3 is 2.59 bits per heavy atom. The van der Waals surface area contributed by atoms with Crippen LogP contribution in [0, 0.1) is 0 Å². The molecule has 9 heteroatoms. The van der Waals surface area contributed by atoms with Crippen molar-refractivity contribution in [1.82, 2.24) is 15.6 Å². The highest BCUT2D eigenvalue weighted by atomic mass is 19.3. The van der Waals surface area contributed by atoms with Crippen LogP contribution < -0.4 is 14.9 Å². The van der Waals surface area contributed by atoms with E-state index >= 15 is 0 Å². The number of hydrogen-bond acceptors (Lipinski definition) is 5. The second-order valence-corrected chi connectivity index (χ2v) is 5.92. The Balaban J connectivity index is 1.71. The van der Waals surface area contributed by atoms with Gasteiger partial charge in [-0.1, -0.05) is 30.3 Å². The number of benzene rings is 2. The molecule has 0 saturated heterocycles. The fourth-order valence-corrected chi connectivity index (χ4v) is 2.54. The molecule has 2 N–H and O–H groups in total. The van der Waals surface area contributed by atoms with Crippen molar-refractivity contribution in [2.75, 3.05) is 7.11 Å². The summed E-state index contributed by atoms with van der Waals surface area (Å²) in [4.78, 5) is 12.3. The Morgan fingerprint density at radius 1 is 1.14 bits per heavy atom. The van der Waals surface area contributed by atoms with Crippen LogP contribution in [0.4, 0.5) is 8.78 Å². The van der Waals surface area contributed by atoms with Gasteiger partial charge in [0, 0.05) is 11.1 Å². The largest absolute Gasteiger partial charge is 0.493 e. The van der Waals surface area contributed by atoms with Crippen LogP contribution in [0.2, 0.25) is 0 Å². The summed E-state index contributed by atoms with van der Waals surface area (Å²) in [6.07, 6.45) is 0. The van der Waals surface area contributed by atoms with Gasteiger partial charge in [-0.05, 0) is 31.2 Å². The summed E-state index contributed by atoms with van der Waals surface area (Å²) in [5.41, 5.74) is 5.21. The molecule has 0 aliphatic rings. The number of aromatic amines is 1. The zero-order valence-electron chi connectivity index (χ0n) is 15.6. The number of nitrogens with zero attached hydrogens (tertiary/aromatic N) is 2. The van der Waals surface area contributed by atoms with E-state index in [1.807, 2.05) is 30.3 Å². The van der Waals surface area contributed by atoms with E-state index in [1.54, 1.807) is 13.0 Å². The fourth-order valence-electron chi connectivity index (χ4n) is 2.54. The first kappa shape index (κ1) is 20.0. The highest BCUT2D eigenvalue weighted by Crippen LogP contribution is 2.29. The summed E-state index contributed by atoms with van der Waals surface area (Å²) in [5, 5.41) is 10.8. The van der Waals surface area contributed by atoms with Crippen LogP contribution >= 0.6 is 0 Å². The number of hydrazone groups is 1. The average molecular weight is 400 g/mol. The van der Waals surface area contributed by atoms with Crippen LogP contribution in [0.3, 0.4) is 0 Å². The van der Waals surface area contributed by atoms with Crippen molar-refractivity contribution in [3.8, 4) is 22.8 Å². The first-order chi connectivity index (χ1) is 14.0. The number of H-pyrrole nitrogens is 1. The minimum Gasteiger partial charge on any atom is -0.493 e. The normalized spacial score (nSPS) is 11.4. The van der Waals surface area contributed by atoms with Gasteiger partial charge in [0.1, 0.15) is 5.69 Å². The summed E-state index contributed by atoms with van der Waals surface area (Å²) in [6.45, 7) is -1.30. The number of hydrogen-bond donors (Lipinski definition) is 2. The molecule has 1 heterocycles. The maximum atomic E-state index is 12.4. The Morgan fingerprint density at radius 2 is 1.90 bits per heavy atom. The van der Waals surface area contributed by atoms with E-state index in [1.165, 1.54) is 25.3 Å². The molecular weight excluding hydrogens is 382 g/mol. The summed E-state index contributed by atoms with van der Waals surface area (Å²) < 4.78 is 34.3. The number of amides is 1. The van der Waals surface area contributed by atoms with Gasteiger partial charge in [-0.2, -0.15) is 19.0 Å². The summed E-state index contributed by atoms with van der Waals surface area (Å²) in [5.74, 6) is -0.428. The Hall–Kier alpha value is -3.75. The van der Waals surface area contributed by atoms with Gasteiger partial charge in [-0.15, -0.1) is 0 Å². The van der Waals surface area contributed by atoms with Crippen molar-refractivity contribution < 1.29 is 23.0 Å². The van der Waals surface area contributed by atoms with Crippen LogP contribution in [0.25, 0.3) is 11.3 Å². The molecule has 0 spiro atoms. The molecule has 3 aromatic rings. The highest BCUT2D eigenvalue weighted by molar-refractivity contribution is 6.01. The molecule has 0 unspecified atom stereocenters. The number of methoxy groups -OCH3 is 1. The lowest BCUT2D eigenvalue weighted by atomic mass is 10.1. The Labute approximate surface area is 165 Å². The minimum atomic E-state index is -2.96. The number of nitrogens with one attached hydrogen (secondary N) is 2. The number of ether oxygens (including phenoxy) is 2. The van der Waals surface area contributed by atoms with E-state index in [-0.39, 0.29) is 17.2 Å². The van der Waals surface area contributed by atoms with Gasteiger partial charge < -0.3 is 9.47 Å². The van der Waals surface area contributed by atoms with E-state index in [9.17, 15) is 13.6 Å². The second-order valence-electron chi connectivity index (χ2n) is 5.92. The molecule has 0 atom stereocenters. The second kappa shape index (κ2) is 8.96. The topological polar surface area (TPSA) is 88.6 Å². The number of alkyl halides is 2. The molecule has 0 aliphatic heterocycles. The minimum absolute atomic E-state index is 0.0889. The molecule has 2 aromatic carbocycles. The molecule has 0 radical (unpaired) electrons. The number of rotatable bonds is 7. The number of halogens is 2. The van der Waals surface area contributed by atoms with Gasteiger partial charge in [0.05, 0.1) is 18.5 Å². The third-order valence-electron chi connectivity index (χ3n) is 4.01. The van der Waals surface area contributed by atoms with Crippen molar-refractivity contribution in [3.63, 3.8) is 0 Å². The molecule has 29 heavy (non-hydrogen) atoms. The highest BCUT2D eigenvalue weighted by Gasteiger charge is 2.13. The monoisotopic (exact) mass is 400 g/mol. The fraction of sp³-hybridized carbons (Fsp3) is 0.150. The molecule has 0 saturated carbocycles. The van der Waals surface area contributed by atoms with E-state index in [0.717, 1.165) is 5.56 Å². The number of aromatic nitrogens is 2. The van der Waals surface area contributed by atoms with E-state index in [2.05, 4.69) is 25.5 Å². The smallest absolute Gasteiger partial charge is 0.387 e. The predicted octanol–water partition coefficient (Wildman–Crippen LogP) is 3.84. The molecule has 0 fully saturated rings. The van der Waals surface area contributed by atoms with Crippen LogP contribution in [-0.2, 0) is 0 Å². The standard InChI is InChI=1S/C20H18F2N4O3/c1-12(14-8-9-17(29-20(21)22)18(10-14)28-2)23-26-19(27)16-11-15(24-25-16)13-6-4-3-5-7-13/h3-11,20H,1-2H3,(H,24,25)(H,26,27)/b23-12-. The molecule has 3 rings (SSSR count). The lowest BCUT2D eigenvalue weighted by Gasteiger charge is -2.11. The summed E-state index contributed by atoms with van der Waals surface area (Å²) in [7, 11) is 1.34. The summed E-state index contributed by atoms with van der Waals surface area (Å²) >= 11 is 0.